The highest BCUT2D eigenvalue weighted by molar-refractivity contribution is 5.94. The molecule has 0 radical (unpaired) electrons. The topological polar surface area (TPSA) is 52.7 Å². The van der Waals surface area contributed by atoms with Crippen molar-refractivity contribution < 1.29 is 14.0 Å². The molecule has 2 aliphatic rings. The lowest BCUT2D eigenvalue weighted by Crippen LogP contribution is -2.48. The minimum Gasteiger partial charge on any atom is -0.341 e. The maximum Gasteiger partial charge on any atom is 0.253 e. The van der Waals surface area contributed by atoms with Gasteiger partial charge in [0.05, 0.1) is 5.92 Å². The maximum atomic E-state index is 13.0. The quantitative estimate of drug-likeness (QED) is 0.885. The summed E-state index contributed by atoms with van der Waals surface area (Å²) in [4.78, 5) is 28.9. The summed E-state index contributed by atoms with van der Waals surface area (Å²) >= 11 is 0. The first-order chi connectivity index (χ1) is 11.6. The first-order valence-electron chi connectivity index (χ1n) is 8.58. The second kappa shape index (κ2) is 8.63. The van der Waals surface area contributed by atoms with E-state index >= 15 is 0 Å². The van der Waals surface area contributed by atoms with Gasteiger partial charge in [0.2, 0.25) is 5.91 Å². The highest BCUT2D eigenvalue weighted by Crippen LogP contribution is 2.22. The summed E-state index contributed by atoms with van der Waals surface area (Å²) < 4.78 is 13.0. The van der Waals surface area contributed by atoms with Crippen molar-refractivity contribution in [2.24, 2.45) is 5.92 Å². The van der Waals surface area contributed by atoms with E-state index in [-0.39, 0.29) is 42.0 Å². The largest absolute Gasteiger partial charge is 0.341 e. The standard InChI is InChI=1S/C18H24FN3O2.ClH/c1-21(16-8-9-20-11-16)17(23)14-3-2-10-22(12-14)18(24)13-4-6-15(19)7-5-13;/h4-7,14,16,20H,2-3,8-12H2,1H3;1H. The highest BCUT2D eigenvalue weighted by Gasteiger charge is 2.33. The van der Waals surface area contributed by atoms with Crippen molar-refractivity contribution in [3.63, 3.8) is 0 Å². The molecule has 2 unspecified atom stereocenters. The SMILES string of the molecule is CN(C(=O)C1CCCN(C(=O)c2ccc(F)cc2)C1)C1CCNC1.Cl. The van der Waals surface area contributed by atoms with E-state index in [9.17, 15) is 14.0 Å². The Labute approximate surface area is 154 Å². The smallest absolute Gasteiger partial charge is 0.253 e. The Morgan fingerprint density at radius 2 is 1.96 bits per heavy atom. The summed E-state index contributed by atoms with van der Waals surface area (Å²) in [6.07, 6.45) is 2.61. The van der Waals surface area contributed by atoms with E-state index in [0.717, 1.165) is 32.4 Å². The molecule has 1 aromatic carbocycles. The molecule has 5 nitrogen and oxygen atoms in total. The Morgan fingerprint density at radius 3 is 2.60 bits per heavy atom. The van der Waals surface area contributed by atoms with E-state index in [0.29, 0.717) is 18.7 Å². The molecular weight excluding hydrogens is 345 g/mol. The van der Waals surface area contributed by atoms with E-state index in [1.54, 1.807) is 4.90 Å². The fourth-order valence-corrected chi connectivity index (χ4v) is 3.58. The number of nitrogens with one attached hydrogen (secondary N) is 1. The van der Waals surface area contributed by atoms with Gasteiger partial charge in [-0.05, 0) is 50.1 Å². The molecule has 0 spiro atoms. The molecule has 2 atom stereocenters. The molecule has 138 valence electrons. The molecule has 1 N–H and O–H groups in total. The van der Waals surface area contributed by atoms with Gasteiger partial charge in [-0.25, -0.2) is 4.39 Å². The number of carbonyl (C=O) groups is 2. The lowest BCUT2D eigenvalue weighted by molar-refractivity contribution is -0.137. The molecule has 3 rings (SSSR count). The van der Waals surface area contributed by atoms with Crippen LogP contribution in [-0.2, 0) is 4.79 Å². The highest BCUT2D eigenvalue weighted by atomic mass is 35.5. The Kier molecular flexibility index (Phi) is 6.79. The molecule has 0 aromatic heterocycles. The second-order valence-corrected chi connectivity index (χ2v) is 6.69. The Hall–Kier alpha value is -1.66. The van der Waals surface area contributed by atoms with E-state index in [4.69, 9.17) is 0 Å². The van der Waals surface area contributed by atoms with Gasteiger partial charge in [-0.3, -0.25) is 9.59 Å². The van der Waals surface area contributed by atoms with E-state index in [1.165, 1.54) is 24.3 Å². The number of rotatable bonds is 3. The van der Waals surface area contributed by atoms with Gasteiger partial charge < -0.3 is 15.1 Å². The number of likely N-dealkylation sites (N-methyl/N-ethyl adjacent to an activating group) is 1. The molecule has 7 heteroatoms. The normalized spacial score (nSPS) is 23.0. The zero-order chi connectivity index (χ0) is 17.1. The fourth-order valence-electron chi connectivity index (χ4n) is 3.58. The third-order valence-corrected chi connectivity index (χ3v) is 5.08. The summed E-state index contributed by atoms with van der Waals surface area (Å²) in [5.74, 6) is -0.503. The van der Waals surface area contributed by atoms with Crippen LogP contribution in [-0.4, -0.2) is 60.9 Å². The minimum atomic E-state index is -0.356. The van der Waals surface area contributed by atoms with Crippen LogP contribution in [0.2, 0.25) is 0 Å². The van der Waals surface area contributed by atoms with Crippen molar-refractivity contribution >= 4 is 24.2 Å². The van der Waals surface area contributed by atoms with Crippen LogP contribution in [0.1, 0.15) is 29.6 Å². The number of nitrogens with zero attached hydrogens (tertiary/aromatic N) is 2. The van der Waals surface area contributed by atoms with Gasteiger partial charge in [-0.1, -0.05) is 0 Å². The van der Waals surface area contributed by atoms with Crippen molar-refractivity contribution in [3.8, 4) is 0 Å². The molecule has 2 aliphatic heterocycles. The van der Waals surface area contributed by atoms with E-state index in [1.807, 2.05) is 11.9 Å². The number of piperidine rings is 1. The predicted octanol–water partition coefficient (Wildman–Crippen LogP) is 1.92. The molecular formula is C18H25ClFN3O2. The molecule has 1 aromatic rings. The molecule has 2 amide bonds. The number of carbonyl (C=O) groups excluding carboxylic acids is 2. The number of hydrogen-bond acceptors (Lipinski definition) is 3. The lowest BCUT2D eigenvalue weighted by Gasteiger charge is -2.35. The predicted molar refractivity (Wildman–Crippen MR) is 96.3 cm³/mol. The third kappa shape index (κ3) is 4.50. The van der Waals surface area contributed by atoms with Crippen molar-refractivity contribution in [1.82, 2.24) is 15.1 Å². The number of benzene rings is 1. The summed E-state index contributed by atoms with van der Waals surface area (Å²) in [6.45, 7) is 2.88. The Bertz CT molecular complexity index is 605. The van der Waals surface area contributed by atoms with Crippen LogP contribution in [0.5, 0.6) is 0 Å². The molecule has 2 saturated heterocycles. The van der Waals surface area contributed by atoms with Crippen LogP contribution in [0.4, 0.5) is 4.39 Å². The fraction of sp³-hybridized carbons (Fsp3) is 0.556. The van der Waals surface area contributed by atoms with Crippen molar-refractivity contribution in [2.45, 2.75) is 25.3 Å². The van der Waals surface area contributed by atoms with Crippen molar-refractivity contribution in [3.05, 3.63) is 35.6 Å². The Balaban J connectivity index is 0.00000225. The molecule has 2 heterocycles. The molecule has 2 fully saturated rings. The van der Waals surface area contributed by atoms with Crippen molar-refractivity contribution in [2.75, 3.05) is 33.2 Å². The average Bonchev–Trinajstić information content (AvgIpc) is 3.15. The summed E-state index contributed by atoms with van der Waals surface area (Å²) in [5.41, 5.74) is 0.470. The number of amides is 2. The molecule has 0 bridgehead atoms. The summed E-state index contributed by atoms with van der Waals surface area (Å²) in [5, 5.41) is 3.28. The van der Waals surface area contributed by atoms with Gasteiger partial charge in [0.15, 0.2) is 0 Å². The number of hydrogen-bond donors (Lipinski definition) is 1. The number of halogens is 2. The number of likely N-dealkylation sites (tertiary alicyclic amines) is 1. The molecule has 25 heavy (non-hydrogen) atoms. The summed E-state index contributed by atoms with van der Waals surface area (Å²) in [7, 11) is 1.86. The Morgan fingerprint density at radius 1 is 1.24 bits per heavy atom. The van der Waals surface area contributed by atoms with Gasteiger partial charge in [0.1, 0.15) is 5.82 Å². The zero-order valence-electron chi connectivity index (χ0n) is 14.4. The first kappa shape index (κ1) is 19.7. The molecule has 0 saturated carbocycles. The van der Waals surface area contributed by atoms with Gasteiger partial charge in [0.25, 0.3) is 5.91 Å². The van der Waals surface area contributed by atoms with Gasteiger partial charge >= 0.3 is 0 Å². The van der Waals surface area contributed by atoms with Crippen LogP contribution >= 0.6 is 12.4 Å². The second-order valence-electron chi connectivity index (χ2n) is 6.69. The van der Waals surface area contributed by atoms with Gasteiger partial charge in [0, 0.05) is 38.3 Å². The van der Waals surface area contributed by atoms with E-state index < -0.39 is 0 Å². The summed E-state index contributed by atoms with van der Waals surface area (Å²) in [6, 6.07) is 5.83. The van der Waals surface area contributed by atoms with Crippen LogP contribution in [0.3, 0.4) is 0 Å². The monoisotopic (exact) mass is 369 g/mol. The van der Waals surface area contributed by atoms with Gasteiger partial charge in [-0.2, -0.15) is 0 Å². The third-order valence-electron chi connectivity index (χ3n) is 5.08. The first-order valence-corrected chi connectivity index (χ1v) is 8.58. The van der Waals surface area contributed by atoms with Crippen LogP contribution < -0.4 is 5.32 Å². The van der Waals surface area contributed by atoms with Gasteiger partial charge in [-0.15, -0.1) is 12.4 Å². The zero-order valence-corrected chi connectivity index (χ0v) is 15.2. The van der Waals surface area contributed by atoms with Crippen molar-refractivity contribution in [1.29, 1.82) is 0 Å². The average molecular weight is 370 g/mol. The molecule has 0 aliphatic carbocycles. The maximum absolute atomic E-state index is 13.0. The van der Waals surface area contributed by atoms with Crippen LogP contribution in [0.25, 0.3) is 0 Å². The van der Waals surface area contributed by atoms with Crippen LogP contribution in [0, 0.1) is 11.7 Å². The van der Waals surface area contributed by atoms with E-state index in [2.05, 4.69) is 5.32 Å². The van der Waals surface area contributed by atoms with Crippen LogP contribution in [0.15, 0.2) is 24.3 Å². The minimum absolute atomic E-state index is 0. The lowest BCUT2D eigenvalue weighted by atomic mass is 9.95.